The van der Waals surface area contributed by atoms with Crippen LogP contribution in [0.25, 0.3) is 0 Å². The molecule has 0 radical (unpaired) electrons. The molecule has 1 saturated carbocycles. The van der Waals surface area contributed by atoms with Crippen molar-refractivity contribution in [2.75, 3.05) is 38.3 Å². The fourth-order valence-electron chi connectivity index (χ4n) is 6.75. The summed E-state index contributed by atoms with van der Waals surface area (Å²) < 4.78 is 50.5. The van der Waals surface area contributed by atoms with Crippen molar-refractivity contribution in [2.24, 2.45) is 11.3 Å². The number of aromatic nitrogens is 2. The second-order valence-electron chi connectivity index (χ2n) is 11.1. The Morgan fingerprint density at radius 2 is 2.08 bits per heavy atom. The number of piperazine rings is 1. The topological polar surface area (TPSA) is 79.8 Å². The van der Waals surface area contributed by atoms with E-state index in [2.05, 4.69) is 29.1 Å². The monoisotopic (exact) mass is 511 g/mol. The fourth-order valence-corrected chi connectivity index (χ4v) is 6.75. The van der Waals surface area contributed by atoms with Gasteiger partial charge in [-0.2, -0.15) is 13.2 Å². The molecular formula is C25H36F3N5O3. The molecule has 1 aromatic rings. The summed E-state index contributed by atoms with van der Waals surface area (Å²) in [6, 6.07) is 1.95. The molecule has 4 heterocycles. The minimum atomic E-state index is -4.58. The van der Waals surface area contributed by atoms with Gasteiger partial charge >= 0.3 is 6.18 Å². The zero-order chi connectivity index (χ0) is 25.7. The van der Waals surface area contributed by atoms with E-state index >= 15 is 0 Å². The summed E-state index contributed by atoms with van der Waals surface area (Å²) in [5.74, 6) is -0.456. The Kier molecular flexibility index (Phi) is 6.93. The Morgan fingerprint density at radius 3 is 2.75 bits per heavy atom. The van der Waals surface area contributed by atoms with Crippen LogP contribution in [-0.4, -0.2) is 84.5 Å². The van der Waals surface area contributed by atoms with Gasteiger partial charge in [0.05, 0.1) is 30.2 Å². The highest BCUT2D eigenvalue weighted by molar-refractivity contribution is 5.84. The zero-order valence-corrected chi connectivity index (χ0v) is 21.1. The van der Waals surface area contributed by atoms with Crippen molar-refractivity contribution in [1.82, 2.24) is 20.2 Å². The number of ether oxygens (including phenoxy) is 2. The number of amides is 1. The first-order valence-corrected chi connectivity index (χ1v) is 13.0. The maximum absolute atomic E-state index is 14.0. The molecule has 4 fully saturated rings. The summed E-state index contributed by atoms with van der Waals surface area (Å²) in [7, 11) is 1.71. The van der Waals surface area contributed by atoms with Gasteiger partial charge in [0.2, 0.25) is 11.7 Å². The van der Waals surface area contributed by atoms with Crippen LogP contribution in [-0.2, 0) is 20.4 Å². The van der Waals surface area contributed by atoms with Gasteiger partial charge < -0.3 is 24.6 Å². The lowest BCUT2D eigenvalue weighted by molar-refractivity contribution is -0.146. The molecule has 1 amide bonds. The number of hydrogen-bond donors (Lipinski definition) is 1. The highest BCUT2D eigenvalue weighted by Gasteiger charge is 2.55. The summed E-state index contributed by atoms with van der Waals surface area (Å²) in [6.07, 6.45) is 0.798. The zero-order valence-electron chi connectivity index (χ0n) is 21.1. The normalized spacial score (nSPS) is 34.7. The number of methoxy groups -OCH3 is 1. The third kappa shape index (κ3) is 4.58. The highest BCUT2D eigenvalue weighted by Crippen LogP contribution is 2.48. The molecule has 1 aliphatic carbocycles. The average molecular weight is 512 g/mol. The van der Waals surface area contributed by atoms with Crippen LogP contribution < -0.4 is 10.2 Å². The smallest absolute Gasteiger partial charge is 0.379 e. The first-order valence-electron chi connectivity index (χ1n) is 13.0. The van der Waals surface area contributed by atoms with Crippen molar-refractivity contribution >= 4 is 11.7 Å². The maximum atomic E-state index is 14.0. The minimum Gasteiger partial charge on any atom is -0.379 e. The molecular weight excluding hydrogens is 475 g/mol. The third-order valence-corrected chi connectivity index (χ3v) is 8.83. The van der Waals surface area contributed by atoms with Crippen LogP contribution in [0.3, 0.4) is 0 Å². The van der Waals surface area contributed by atoms with Crippen LogP contribution in [0.4, 0.5) is 19.0 Å². The molecule has 1 aromatic heterocycles. The molecule has 0 aromatic carbocycles. The molecule has 6 atom stereocenters. The SMILES string of the molecule is CO[C@@H]1COCC[C@@H]1N[C@@H]1CC[C@@](C(=O)N2C[C@@H]3C[C@H]2CN3c2ccnc(C(F)(F)F)n2)(C(C)C)C1. The standard InChI is InChI=1S/C25H36F3N5O3/c1-15(2)24(7-4-16(11-24)30-19-6-9-36-14-20(19)35-3)23(34)33-13-17-10-18(33)12-32(17)21-5-8-29-22(31-21)25(26,27)28/h5,8,15-20,30H,4,6-7,9-14H2,1-3H3/t16-,17+,18+,19+,20-,24+/m1/s1. The van der Waals surface area contributed by atoms with Gasteiger partial charge in [-0.25, -0.2) is 9.97 Å². The van der Waals surface area contributed by atoms with E-state index in [0.717, 1.165) is 38.3 Å². The molecule has 3 saturated heterocycles. The van der Waals surface area contributed by atoms with Crippen molar-refractivity contribution < 1.29 is 27.4 Å². The average Bonchev–Trinajstić information content (AvgIpc) is 3.58. The van der Waals surface area contributed by atoms with Crippen LogP contribution in [0.15, 0.2) is 12.3 Å². The molecule has 36 heavy (non-hydrogen) atoms. The van der Waals surface area contributed by atoms with Crippen LogP contribution in [0.1, 0.15) is 51.8 Å². The molecule has 3 aliphatic heterocycles. The van der Waals surface area contributed by atoms with Crippen molar-refractivity contribution in [3.63, 3.8) is 0 Å². The molecule has 4 aliphatic rings. The van der Waals surface area contributed by atoms with Crippen molar-refractivity contribution in [3.05, 3.63) is 18.1 Å². The minimum absolute atomic E-state index is 0.0113. The number of alkyl halides is 3. The van der Waals surface area contributed by atoms with Gasteiger partial charge in [0, 0.05) is 45.1 Å². The number of carbonyl (C=O) groups is 1. The summed E-state index contributed by atoms with van der Waals surface area (Å²) in [6.45, 7) is 6.58. The number of carbonyl (C=O) groups excluding carboxylic acids is 1. The van der Waals surface area contributed by atoms with Crippen LogP contribution >= 0.6 is 0 Å². The Bertz CT molecular complexity index is 963. The maximum Gasteiger partial charge on any atom is 0.451 e. The van der Waals surface area contributed by atoms with E-state index in [-0.39, 0.29) is 47.9 Å². The van der Waals surface area contributed by atoms with Gasteiger partial charge in [-0.3, -0.25) is 4.79 Å². The first-order chi connectivity index (χ1) is 17.1. The molecule has 2 bridgehead atoms. The van der Waals surface area contributed by atoms with Gasteiger partial charge in [-0.1, -0.05) is 13.8 Å². The van der Waals surface area contributed by atoms with Gasteiger partial charge in [0.15, 0.2) is 0 Å². The van der Waals surface area contributed by atoms with E-state index in [4.69, 9.17) is 9.47 Å². The Hall–Kier alpha value is -1.98. The molecule has 11 heteroatoms. The van der Waals surface area contributed by atoms with Crippen LogP contribution in [0.5, 0.6) is 0 Å². The lowest BCUT2D eigenvalue weighted by Crippen LogP contribution is -2.55. The number of anilines is 1. The van der Waals surface area contributed by atoms with Crippen LogP contribution in [0.2, 0.25) is 0 Å². The molecule has 200 valence electrons. The highest BCUT2D eigenvalue weighted by atomic mass is 19.4. The number of hydrogen-bond acceptors (Lipinski definition) is 7. The molecule has 5 rings (SSSR count). The van der Waals surface area contributed by atoms with E-state index in [1.165, 1.54) is 6.07 Å². The Labute approximate surface area is 209 Å². The second kappa shape index (κ2) is 9.72. The number of nitrogens with one attached hydrogen (secondary N) is 1. The van der Waals surface area contributed by atoms with E-state index in [1.807, 2.05) is 9.80 Å². The van der Waals surface area contributed by atoms with Gasteiger partial charge in [0.1, 0.15) is 5.82 Å². The van der Waals surface area contributed by atoms with Crippen molar-refractivity contribution in [3.8, 4) is 0 Å². The van der Waals surface area contributed by atoms with E-state index < -0.39 is 17.4 Å². The van der Waals surface area contributed by atoms with E-state index in [9.17, 15) is 18.0 Å². The van der Waals surface area contributed by atoms with Crippen molar-refractivity contribution in [1.29, 1.82) is 0 Å². The quantitative estimate of drug-likeness (QED) is 0.629. The van der Waals surface area contributed by atoms with Gasteiger partial charge in [-0.15, -0.1) is 0 Å². The Morgan fingerprint density at radius 1 is 1.28 bits per heavy atom. The number of nitrogens with zero attached hydrogens (tertiary/aromatic N) is 4. The van der Waals surface area contributed by atoms with Gasteiger partial charge in [0.25, 0.3) is 0 Å². The van der Waals surface area contributed by atoms with Crippen molar-refractivity contribution in [2.45, 2.75) is 82.4 Å². The lowest BCUT2D eigenvalue weighted by Gasteiger charge is -2.42. The second-order valence-corrected chi connectivity index (χ2v) is 11.1. The number of halogens is 3. The predicted octanol–water partition coefficient (Wildman–Crippen LogP) is 2.87. The molecule has 0 spiro atoms. The lowest BCUT2D eigenvalue weighted by atomic mass is 9.74. The summed E-state index contributed by atoms with van der Waals surface area (Å²) in [5, 5.41) is 3.76. The van der Waals surface area contributed by atoms with E-state index in [0.29, 0.717) is 26.3 Å². The number of rotatable bonds is 6. The van der Waals surface area contributed by atoms with Crippen LogP contribution in [0, 0.1) is 11.3 Å². The summed E-state index contributed by atoms with van der Waals surface area (Å²) >= 11 is 0. The summed E-state index contributed by atoms with van der Waals surface area (Å²) in [4.78, 5) is 25.1. The fraction of sp³-hybridized carbons (Fsp3) is 0.800. The largest absolute Gasteiger partial charge is 0.451 e. The molecule has 1 N–H and O–H groups in total. The van der Waals surface area contributed by atoms with E-state index in [1.54, 1.807) is 7.11 Å². The molecule has 8 nitrogen and oxygen atoms in total. The van der Waals surface area contributed by atoms with Gasteiger partial charge in [-0.05, 0) is 44.1 Å². The third-order valence-electron chi connectivity index (χ3n) is 8.83. The number of fused-ring (bicyclic) bond motifs is 2. The molecule has 0 unspecified atom stereocenters. The first kappa shape index (κ1) is 25.7. The number of likely N-dealkylation sites (tertiary alicyclic amines) is 1. The summed E-state index contributed by atoms with van der Waals surface area (Å²) in [5.41, 5.74) is -0.431. The Balaban J connectivity index is 1.26. The predicted molar refractivity (Wildman–Crippen MR) is 126 cm³/mol.